The first-order chi connectivity index (χ1) is 20.7. The molecule has 3 heterocycles. The minimum atomic E-state index is -0.734. The molecule has 0 saturated carbocycles. The molecule has 2 aliphatic rings. The molecule has 1 fully saturated rings. The highest BCUT2D eigenvalue weighted by atomic mass is 35.5. The number of aromatic nitrogens is 2. The molecule has 222 valence electrons. The van der Waals surface area contributed by atoms with E-state index in [4.69, 9.17) is 22.3 Å². The maximum atomic E-state index is 15.1. The van der Waals surface area contributed by atoms with E-state index in [0.29, 0.717) is 33.1 Å². The Bertz CT molecular complexity index is 1680. The molecule has 43 heavy (non-hydrogen) atoms. The van der Waals surface area contributed by atoms with Crippen LogP contribution in [0.3, 0.4) is 0 Å². The second-order valence-electron chi connectivity index (χ2n) is 10.9. The largest absolute Gasteiger partial charge is 0.355 e. The van der Waals surface area contributed by atoms with Crippen molar-refractivity contribution < 1.29 is 13.2 Å². The van der Waals surface area contributed by atoms with Crippen LogP contribution in [0, 0.1) is 17.5 Å². The number of halogens is 4. The van der Waals surface area contributed by atoms with Gasteiger partial charge in [-0.05, 0) is 56.3 Å². The third-order valence-corrected chi connectivity index (χ3v) is 7.71. The molecular weight excluding hydrogens is 577 g/mol. The molecule has 1 aromatic heterocycles. The van der Waals surface area contributed by atoms with Gasteiger partial charge >= 0.3 is 0 Å². The smallest absolute Gasteiger partial charge is 0.227 e. The van der Waals surface area contributed by atoms with Crippen LogP contribution in [0.1, 0.15) is 30.5 Å². The molecule has 12 heteroatoms. The summed E-state index contributed by atoms with van der Waals surface area (Å²) in [6.45, 7) is 5.75. The van der Waals surface area contributed by atoms with Crippen molar-refractivity contribution in [2.24, 2.45) is 10.7 Å². The molecule has 0 spiro atoms. The van der Waals surface area contributed by atoms with Crippen LogP contribution >= 0.6 is 11.6 Å². The summed E-state index contributed by atoms with van der Waals surface area (Å²) in [5.74, 6) is -1.75. The van der Waals surface area contributed by atoms with E-state index < -0.39 is 23.7 Å². The monoisotopic (exact) mass is 606 g/mol. The van der Waals surface area contributed by atoms with Gasteiger partial charge in [0.25, 0.3) is 0 Å². The Hall–Kier alpha value is -4.03. The van der Waals surface area contributed by atoms with E-state index in [-0.39, 0.29) is 41.5 Å². The lowest BCUT2D eigenvalue weighted by Gasteiger charge is -2.39. The van der Waals surface area contributed by atoms with Gasteiger partial charge in [-0.1, -0.05) is 23.7 Å². The summed E-state index contributed by atoms with van der Waals surface area (Å²) in [6.07, 6.45) is 1.04. The highest BCUT2D eigenvalue weighted by Crippen LogP contribution is 2.35. The normalized spacial score (nSPS) is 19.1. The summed E-state index contributed by atoms with van der Waals surface area (Å²) >= 11 is 6.30. The third-order valence-electron chi connectivity index (χ3n) is 7.47. The highest BCUT2D eigenvalue weighted by molar-refractivity contribution is 6.31. The Morgan fingerprint density at radius 2 is 1.72 bits per heavy atom. The Balaban J connectivity index is 1.26. The summed E-state index contributed by atoms with van der Waals surface area (Å²) in [6, 6.07) is 13.9. The highest BCUT2D eigenvalue weighted by Gasteiger charge is 2.27. The molecule has 3 aromatic carbocycles. The van der Waals surface area contributed by atoms with Crippen molar-refractivity contribution in [1.29, 1.82) is 0 Å². The molecule has 0 bridgehead atoms. The Morgan fingerprint density at radius 1 is 0.977 bits per heavy atom. The van der Waals surface area contributed by atoms with Gasteiger partial charge in [-0.25, -0.2) is 23.1 Å². The molecule has 0 aliphatic carbocycles. The fourth-order valence-electron chi connectivity index (χ4n) is 5.61. The van der Waals surface area contributed by atoms with E-state index >= 15 is 4.39 Å². The Kier molecular flexibility index (Phi) is 8.06. The molecule has 5 N–H and O–H groups in total. The summed E-state index contributed by atoms with van der Waals surface area (Å²) in [4.78, 5) is 15.7. The third kappa shape index (κ3) is 6.07. The van der Waals surface area contributed by atoms with Crippen LogP contribution in [0.15, 0.2) is 65.8 Å². The number of nitrogens with one attached hydrogen (secondary N) is 3. The van der Waals surface area contributed by atoms with Gasteiger partial charge in [-0.3, -0.25) is 15.6 Å². The molecule has 2 aliphatic heterocycles. The van der Waals surface area contributed by atoms with Crippen LogP contribution in [-0.4, -0.2) is 52.0 Å². The maximum absolute atomic E-state index is 15.1. The Labute approximate surface area is 252 Å². The average Bonchev–Trinajstić information content (AvgIpc) is 3.10. The maximum Gasteiger partial charge on any atom is 0.227 e. The van der Waals surface area contributed by atoms with Crippen LogP contribution in [-0.2, 0) is 6.54 Å². The molecule has 3 atom stereocenters. The van der Waals surface area contributed by atoms with Gasteiger partial charge < -0.3 is 16.0 Å². The van der Waals surface area contributed by atoms with Gasteiger partial charge in [0.2, 0.25) is 5.95 Å². The summed E-state index contributed by atoms with van der Waals surface area (Å²) in [7, 11) is 0. The predicted octanol–water partition coefficient (Wildman–Crippen LogP) is 5.65. The van der Waals surface area contributed by atoms with Crippen LogP contribution in [0.2, 0.25) is 5.02 Å². The number of anilines is 3. The lowest BCUT2D eigenvalue weighted by Crippen LogP contribution is -2.61. The minimum absolute atomic E-state index is 0.0882. The van der Waals surface area contributed by atoms with Crippen LogP contribution in [0.5, 0.6) is 0 Å². The topological polar surface area (TPSA) is 103 Å². The van der Waals surface area contributed by atoms with Gasteiger partial charge in [0, 0.05) is 58.8 Å². The molecule has 6 rings (SSSR count). The fraction of sp³-hybridized carbons (Fsp3) is 0.258. The number of hydrogen-bond acceptors (Lipinski definition) is 8. The van der Waals surface area contributed by atoms with Crippen LogP contribution in [0.25, 0.3) is 11.3 Å². The average molecular weight is 607 g/mol. The van der Waals surface area contributed by atoms with E-state index in [9.17, 15) is 8.78 Å². The van der Waals surface area contributed by atoms with Crippen molar-refractivity contribution in [1.82, 2.24) is 20.2 Å². The van der Waals surface area contributed by atoms with Gasteiger partial charge in [-0.2, -0.15) is 0 Å². The zero-order chi connectivity index (χ0) is 30.2. The van der Waals surface area contributed by atoms with Crippen molar-refractivity contribution in [2.45, 2.75) is 38.8 Å². The van der Waals surface area contributed by atoms with E-state index in [2.05, 4.69) is 44.7 Å². The number of fused-ring (bicyclic) bond motifs is 3. The Morgan fingerprint density at radius 3 is 2.44 bits per heavy atom. The first kappa shape index (κ1) is 29.1. The molecule has 8 nitrogen and oxygen atoms in total. The number of nitrogens with two attached hydrogens (primary N) is 1. The molecule has 3 unspecified atom stereocenters. The zero-order valence-electron chi connectivity index (χ0n) is 23.5. The first-order valence-corrected chi connectivity index (χ1v) is 14.3. The van der Waals surface area contributed by atoms with E-state index in [0.717, 1.165) is 13.1 Å². The number of aliphatic imine (C=N–C) groups is 1. The van der Waals surface area contributed by atoms with Gasteiger partial charge in [0.1, 0.15) is 23.7 Å². The first-order valence-electron chi connectivity index (χ1n) is 13.9. The molecular formula is C31H30ClF3N8. The van der Waals surface area contributed by atoms with Crippen molar-refractivity contribution in [3.63, 3.8) is 0 Å². The van der Waals surface area contributed by atoms with Crippen molar-refractivity contribution >= 4 is 34.6 Å². The minimum Gasteiger partial charge on any atom is -0.355 e. The predicted molar refractivity (Wildman–Crippen MR) is 163 cm³/mol. The van der Waals surface area contributed by atoms with Crippen LogP contribution in [0.4, 0.5) is 30.5 Å². The van der Waals surface area contributed by atoms with Gasteiger partial charge in [-0.15, -0.1) is 0 Å². The number of rotatable bonds is 6. The SMILES string of the molecule is CC1CN(C(N)Nc2ccc(Nc3ncc4c(n3)-c3ccc(Cl)cc3C(c3c(F)cccc3F)=NC4)cc2F)CC(C)N1. The van der Waals surface area contributed by atoms with Gasteiger partial charge in [0.15, 0.2) is 0 Å². The number of hydrogen-bond donors (Lipinski definition) is 4. The van der Waals surface area contributed by atoms with E-state index in [1.54, 1.807) is 36.5 Å². The zero-order valence-corrected chi connectivity index (χ0v) is 24.3. The standard InChI is InChI=1S/C31H30ClF3N8/c1-16-14-43(15-17(2)39-16)30(36)41-26-9-7-20(11-25(26)35)40-31-38-13-18-12-37-29(27-23(33)4-3-5-24(27)34)22-10-19(32)6-8-21(22)28(18)42-31/h3-11,13,16-17,30,39,41H,12,14-15,36H2,1-2H3,(H,38,40,42). The number of nitrogens with zero attached hydrogens (tertiary/aromatic N) is 4. The number of piperazine rings is 1. The molecule has 4 aromatic rings. The summed E-state index contributed by atoms with van der Waals surface area (Å²) < 4.78 is 44.8. The lowest BCUT2D eigenvalue weighted by molar-refractivity contribution is 0.138. The second-order valence-corrected chi connectivity index (χ2v) is 11.3. The van der Waals surface area contributed by atoms with Crippen molar-refractivity contribution in [3.05, 3.63) is 100.0 Å². The van der Waals surface area contributed by atoms with Gasteiger partial charge in [0.05, 0.1) is 29.2 Å². The quantitative estimate of drug-likeness (QED) is 0.211. The van der Waals surface area contributed by atoms with Crippen molar-refractivity contribution in [2.75, 3.05) is 23.7 Å². The van der Waals surface area contributed by atoms with Crippen molar-refractivity contribution in [3.8, 4) is 11.3 Å². The van der Waals surface area contributed by atoms with E-state index in [1.165, 1.54) is 24.3 Å². The summed E-state index contributed by atoms with van der Waals surface area (Å²) in [5, 5.41) is 9.95. The fourth-order valence-corrected chi connectivity index (χ4v) is 5.78. The summed E-state index contributed by atoms with van der Waals surface area (Å²) in [5.41, 5.74) is 9.13. The molecule has 0 amide bonds. The lowest BCUT2D eigenvalue weighted by atomic mass is 9.95. The van der Waals surface area contributed by atoms with Crippen LogP contribution < -0.4 is 21.7 Å². The molecule has 0 radical (unpaired) electrons. The second kappa shape index (κ2) is 11.9. The number of benzene rings is 3. The van der Waals surface area contributed by atoms with E-state index in [1.807, 2.05) is 0 Å². The molecule has 1 saturated heterocycles.